The molecule has 2 heterocycles. The standard InChI is InChI=1S/C17H20F5N3O/c18-16(19)7-14(23-10-16)15(26)24-13-5-6-25(9-13)8-11-1-3-12(4-2-11)17(20,21)22/h1-4,13-14,23H,5-10H2,(H,24,26). The number of carbonyl (C=O) groups excluding carboxylic acids is 1. The molecule has 9 heteroatoms. The van der Waals surface area contributed by atoms with E-state index in [0.717, 1.165) is 17.7 Å². The number of benzene rings is 1. The van der Waals surface area contributed by atoms with Crippen molar-refractivity contribution in [3.05, 3.63) is 35.4 Å². The summed E-state index contributed by atoms with van der Waals surface area (Å²) in [5.41, 5.74) is 0.0655. The van der Waals surface area contributed by atoms with Crippen LogP contribution in [0.1, 0.15) is 24.0 Å². The second kappa shape index (κ2) is 7.11. The van der Waals surface area contributed by atoms with Crippen molar-refractivity contribution in [3.8, 4) is 0 Å². The monoisotopic (exact) mass is 377 g/mol. The number of hydrogen-bond donors (Lipinski definition) is 2. The molecule has 144 valence electrons. The van der Waals surface area contributed by atoms with Gasteiger partial charge in [-0.15, -0.1) is 0 Å². The highest BCUT2D eigenvalue weighted by atomic mass is 19.4. The van der Waals surface area contributed by atoms with Crippen molar-refractivity contribution < 1.29 is 26.7 Å². The normalized spacial score (nSPS) is 26.2. The second-order valence-corrected chi connectivity index (χ2v) is 6.92. The number of nitrogens with zero attached hydrogens (tertiary/aromatic N) is 1. The molecule has 0 radical (unpaired) electrons. The molecule has 0 aromatic heterocycles. The number of nitrogens with one attached hydrogen (secondary N) is 2. The van der Waals surface area contributed by atoms with Gasteiger partial charge < -0.3 is 5.32 Å². The van der Waals surface area contributed by atoms with Gasteiger partial charge in [-0.25, -0.2) is 8.78 Å². The van der Waals surface area contributed by atoms with Gasteiger partial charge in [0.15, 0.2) is 0 Å². The van der Waals surface area contributed by atoms with E-state index in [9.17, 15) is 26.7 Å². The first-order valence-electron chi connectivity index (χ1n) is 8.42. The molecule has 0 bridgehead atoms. The van der Waals surface area contributed by atoms with Gasteiger partial charge in [0.05, 0.1) is 18.2 Å². The maximum Gasteiger partial charge on any atom is 0.416 e. The van der Waals surface area contributed by atoms with Gasteiger partial charge >= 0.3 is 6.18 Å². The Morgan fingerprint density at radius 3 is 2.54 bits per heavy atom. The van der Waals surface area contributed by atoms with Gasteiger partial charge in [0.25, 0.3) is 5.92 Å². The minimum Gasteiger partial charge on any atom is -0.351 e. The van der Waals surface area contributed by atoms with Gasteiger partial charge in [0.2, 0.25) is 5.91 Å². The Labute approximate surface area is 147 Å². The lowest BCUT2D eigenvalue weighted by Gasteiger charge is -2.18. The number of alkyl halides is 5. The van der Waals surface area contributed by atoms with Gasteiger partial charge in [0.1, 0.15) is 0 Å². The van der Waals surface area contributed by atoms with Crippen LogP contribution in [0.4, 0.5) is 22.0 Å². The lowest BCUT2D eigenvalue weighted by Crippen LogP contribution is -2.46. The predicted molar refractivity (Wildman–Crippen MR) is 84.6 cm³/mol. The van der Waals surface area contributed by atoms with Crippen LogP contribution < -0.4 is 10.6 Å². The molecule has 0 aliphatic carbocycles. The van der Waals surface area contributed by atoms with E-state index >= 15 is 0 Å². The Morgan fingerprint density at radius 1 is 1.27 bits per heavy atom. The number of carbonyl (C=O) groups is 1. The number of rotatable bonds is 4. The van der Waals surface area contributed by atoms with Crippen molar-refractivity contribution in [1.82, 2.24) is 15.5 Å². The smallest absolute Gasteiger partial charge is 0.351 e. The Morgan fingerprint density at radius 2 is 1.96 bits per heavy atom. The number of halogens is 5. The quantitative estimate of drug-likeness (QED) is 0.792. The summed E-state index contributed by atoms with van der Waals surface area (Å²) < 4.78 is 64.0. The van der Waals surface area contributed by atoms with Crippen molar-refractivity contribution in [2.75, 3.05) is 19.6 Å². The number of amides is 1. The van der Waals surface area contributed by atoms with Crippen LogP contribution in [0.3, 0.4) is 0 Å². The summed E-state index contributed by atoms with van der Waals surface area (Å²) in [5.74, 6) is -3.28. The molecule has 1 aromatic carbocycles. The maximum atomic E-state index is 13.2. The van der Waals surface area contributed by atoms with Crippen LogP contribution in [0, 0.1) is 0 Å². The van der Waals surface area contributed by atoms with Crippen molar-refractivity contribution in [2.45, 2.75) is 43.6 Å². The zero-order chi connectivity index (χ0) is 18.9. The average Bonchev–Trinajstić information content (AvgIpc) is 3.13. The Kier molecular flexibility index (Phi) is 5.21. The third kappa shape index (κ3) is 4.70. The third-order valence-corrected chi connectivity index (χ3v) is 4.73. The Hall–Kier alpha value is -1.74. The number of hydrogen-bond acceptors (Lipinski definition) is 3. The van der Waals surface area contributed by atoms with Gasteiger partial charge in [-0.3, -0.25) is 15.0 Å². The zero-order valence-corrected chi connectivity index (χ0v) is 14.0. The summed E-state index contributed by atoms with van der Waals surface area (Å²) in [4.78, 5) is 14.1. The van der Waals surface area contributed by atoms with Gasteiger partial charge in [-0.1, -0.05) is 12.1 Å². The molecule has 26 heavy (non-hydrogen) atoms. The summed E-state index contributed by atoms with van der Waals surface area (Å²) >= 11 is 0. The topological polar surface area (TPSA) is 44.4 Å². The molecule has 2 aliphatic rings. The van der Waals surface area contributed by atoms with E-state index < -0.39 is 42.6 Å². The maximum absolute atomic E-state index is 13.2. The van der Waals surface area contributed by atoms with Crippen molar-refractivity contribution in [2.24, 2.45) is 0 Å². The first-order valence-corrected chi connectivity index (χ1v) is 8.42. The molecule has 2 saturated heterocycles. The minimum atomic E-state index is -4.35. The highest BCUT2D eigenvalue weighted by molar-refractivity contribution is 5.82. The fourth-order valence-electron chi connectivity index (χ4n) is 3.35. The van der Waals surface area contributed by atoms with Crippen molar-refractivity contribution >= 4 is 5.91 Å². The molecule has 0 saturated carbocycles. The van der Waals surface area contributed by atoms with Crippen LogP contribution in [-0.2, 0) is 17.5 Å². The first kappa shape index (κ1) is 19.0. The van der Waals surface area contributed by atoms with E-state index in [1.165, 1.54) is 12.1 Å². The molecular weight excluding hydrogens is 357 g/mol. The van der Waals surface area contributed by atoms with Crippen LogP contribution >= 0.6 is 0 Å². The fraction of sp³-hybridized carbons (Fsp3) is 0.588. The van der Waals surface area contributed by atoms with Crippen LogP contribution in [0.25, 0.3) is 0 Å². The Balaban J connectivity index is 1.47. The van der Waals surface area contributed by atoms with Gasteiger partial charge in [-0.2, -0.15) is 13.2 Å². The molecular formula is C17H20F5N3O. The summed E-state index contributed by atoms with van der Waals surface area (Å²) in [7, 11) is 0. The van der Waals surface area contributed by atoms with E-state index in [4.69, 9.17) is 0 Å². The van der Waals surface area contributed by atoms with Crippen molar-refractivity contribution in [3.63, 3.8) is 0 Å². The molecule has 1 amide bonds. The van der Waals surface area contributed by atoms with E-state index in [0.29, 0.717) is 26.1 Å². The van der Waals surface area contributed by atoms with Gasteiger partial charge in [0, 0.05) is 32.1 Å². The highest BCUT2D eigenvalue weighted by Crippen LogP contribution is 2.29. The molecule has 4 nitrogen and oxygen atoms in total. The first-order chi connectivity index (χ1) is 12.1. The van der Waals surface area contributed by atoms with E-state index in [1.54, 1.807) is 0 Å². The molecule has 3 rings (SSSR count). The van der Waals surface area contributed by atoms with Crippen molar-refractivity contribution in [1.29, 1.82) is 0 Å². The van der Waals surface area contributed by atoms with Crippen LogP contribution in [0.15, 0.2) is 24.3 Å². The van der Waals surface area contributed by atoms with Crippen LogP contribution in [0.5, 0.6) is 0 Å². The third-order valence-electron chi connectivity index (χ3n) is 4.73. The van der Waals surface area contributed by atoms with E-state index in [-0.39, 0.29) is 6.04 Å². The summed E-state index contributed by atoms with van der Waals surface area (Å²) in [6, 6.07) is 3.97. The molecule has 1 aromatic rings. The molecule has 2 aliphatic heterocycles. The molecule has 2 N–H and O–H groups in total. The Bertz CT molecular complexity index is 647. The highest BCUT2D eigenvalue weighted by Gasteiger charge is 2.42. The van der Waals surface area contributed by atoms with E-state index in [1.807, 2.05) is 4.90 Å². The largest absolute Gasteiger partial charge is 0.416 e. The predicted octanol–water partition coefficient (Wildman–Crippen LogP) is 2.39. The van der Waals surface area contributed by atoms with Gasteiger partial charge in [-0.05, 0) is 24.1 Å². The van der Waals surface area contributed by atoms with E-state index in [2.05, 4.69) is 10.6 Å². The minimum absolute atomic E-state index is 0.145. The second-order valence-electron chi connectivity index (χ2n) is 6.92. The fourth-order valence-corrected chi connectivity index (χ4v) is 3.35. The molecule has 0 spiro atoms. The van der Waals surface area contributed by atoms with Crippen LogP contribution in [-0.4, -0.2) is 48.4 Å². The molecule has 2 unspecified atom stereocenters. The summed E-state index contributed by atoms with van der Waals surface area (Å²) in [6.45, 7) is 1.20. The zero-order valence-electron chi connectivity index (χ0n) is 14.0. The average molecular weight is 377 g/mol. The number of likely N-dealkylation sites (tertiary alicyclic amines) is 1. The van der Waals surface area contributed by atoms with Crippen LogP contribution in [0.2, 0.25) is 0 Å². The molecule has 2 atom stereocenters. The molecule has 2 fully saturated rings. The summed E-state index contributed by atoms with van der Waals surface area (Å²) in [6.07, 6.45) is -4.18. The lowest BCUT2D eigenvalue weighted by molar-refractivity contribution is -0.137. The summed E-state index contributed by atoms with van der Waals surface area (Å²) in [5, 5.41) is 5.30. The lowest BCUT2D eigenvalue weighted by atomic mass is 10.1. The SMILES string of the molecule is O=C(NC1CCN(Cc2ccc(C(F)(F)F)cc2)C1)C1CC(F)(F)CN1.